The van der Waals surface area contributed by atoms with Crippen LogP contribution in [0.3, 0.4) is 0 Å². The second-order valence-corrected chi connectivity index (χ2v) is 4.48. The van der Waals surface area contributed by atoms with Crippen LogP contribution in [0, 0.1) is 18.6 Å². The van der Waals surface area contributed by atoms with Crippen LogP contribution in [0.2, 0.25) is 0 Å². The summed E-state index contributed by atoms with van der Waals surface area (Å²) in [5, 5.41) is 0. The standard InChI is InChI=1S/C15H9F5O/c1-8-2-3-9(16)6-11(8)14(21)12-7-10(17)4-5-13(12)15(18,19)20/h2-7H,1H3. The molecular formula is C15H9F5O. The molecule has 6 heteroatoms. The highest BCUT2D eigenvalue weighted by atomic mass is 19.4. The van der Waals surface area contributed by atoms with Gasteiger partial charge in [-0.15, -0.1) is 0 Å². The van der Waals surface area contributed by atoms with Crippen molar-refractivity contribution in [3.05, 3.63) is 70.3 Å². The highest BCUT2D eigenvalue weighted by Crippen LogP contribution is 2.33. The molecule has 0 saturated heterocycles. The highest BCUT2D eigenvalue weighted by molar-refractivity contribution is 6.10. The van der Waals surface area contributed by atoms with Crippen LogP contribution in [0.15, 0.2) is 36.4 Å². The van der Waals surface area contributed by atoms with E-state index < -0.39 is 34.7 Å². The summed E-state index contributed by atoms with van der Waals surface area (Å²) in [7, 11) is 0. The molecule has 110 valence electrons. The van der Waals surface area contributed by atoms with E-state index in [-0.39, 0.29) is 5.56 Å². The molecule has 2 rings (SSSR count). The van der Waals surface area contributed by atoms with Crippen LogP contribution in [0.5, 0.6) is 0 Å². The number of aryl methyl sites for hydroxylation is 1. The van der Waals surface area contributed by atoms with Crippen LogP contribution in [0.1, 0.15) is 27.0 Å². The predicted molar refractivity (Wildman–Crippen MR) is 66.0 cm³/mol. The molecule has 0 aromatic heterocycles. The number of rotatable bonds is 2. The van der Waals surface area contributed by atoms with Gasteiger partial charge in [-0.1, -0.05) is 6.07 Å². The second-order valence-electron chi connectivity index (χ2n) is 4.48. The molecule has 0 fully saturated rings. The fraction of sp³-hybridized carbons (Fsp3) is 0.133. The van der Waals surface area contributed by atoms with Crippen molar-refractivity contribution < 1.29 is 26.7 Å². The molecular weight excluding hydrogens is 291 g/mol. The molecule has 0 amide bonds. The average Bonchev–Trinajstić information content (AvgIpc) is 2.39. The molecule has 0 aliphatic rings. The van der Waals surface area contributed by atoms with Gasteiger partial charge in [-0.2, -0.15) is 13.2 Å². The lowest BCUT2D eigenvalue weighted by molar-refractivity contribution is -0.137. The van der Waals surface area contributed by atoms with Gasteiger partial charge in [0.15, 0.2) is 5.78 Å². The Morgan fingerprint density at radius 3 is 2.00 bits per heavy atom. The SMILES string of the molecule is Cc1ccc(F)cc1C(=O)c1cc(F)ccc1C(F)(F)F. The van der Waals surface area contributed by atoms with Gasteiger partial charge in [0, 0.05) is 11.1 Å². The van der Waals surface area contributed by atoms with E-state index in [1.54, 1.807) is 0 Å². The number of carbonyl (C=O) groups excluding carboxylic acids is 1. The number of hydrogen-bond acceptors (Lipinski definition) is 1. The number of ketones is 1. The molecule has 0 N–H and O–H groups in total. The summed E-state index contributed by atoms with van der Waals surface area (Å²) in [5.41, 5.74) is -2.02. The monoisotopic (exact) mass is 300 g/mol. The third kappa shape index (κ3) is 3.09. The summed E-state index contributed by atoms with van der Waals surface area (Å²) in [6.45, 7) is 1.46. The number of carbonyl (C=O) groups is 1. The molecule has 0 atom stereocenters. The lowest BCUT2D eigenvalue weighted by Crippen LogP contribution is -2.15. The van der Waals surface area contributed by atoms with Gasteiger partial charge in [0.05, 0.1) is 5.56 Å². The summed E-state index contributed by atoms with van der Waals surface area (Å²) in [4.78, 5) is 12.2. The Morgan fingerprint density at radius 2 is 1.43 bits per heavy atom. The van der Waals surface area contributed by atoms with Gasteiger partial charge in [0.2, 0.25) is 0 Å². The van der Waals surface area contributed by atoms with Crippen LogP contribution in [-0.4, -0.2) is 5.78 Å². The molecule has 2 aromatic carbocycles. The van der Waals surface area contributed by atoms with Gasteiger partial charge in [-0.25, -0.2) is 8.78 Å². The Morgan fingerprint density at radius 1 is 0.905 bits per heavy atom. The van der Waals surface area contributed by atoms with E-state index >= 15 is 0 Å². The highest BCUT2D eigenvalue weighted by Gasteiger charge is 2.35. The first-order chi connectivity index (χ1) is 9.70. The van der Waals surface area contributed by atoms with Gasteiger partial charge in [0.1, 0.15) is 11.6 Å². The van der Waals surface area contributed by atoms with Crippen molar-refractivity contribution in [2.75, 3.05) is 0 Å². The normalized spacial score (nSPS) is 11.5. The Bertz CT molecular complexity index is 704. The number of halogens is 5. The van der Waals surface area contributed by atoms with E-state index in [2.05, 4.69) is 0 Å². The van der Waals surface area contributed by atoms with Gasteiger partial charge < -0.3 is 0 Å². The quantitative estimate of drug-likeness (QED) is 0.588. The van der Waals surface area contributed by atoms with Gasteiger partial charge >= 0.3 is 6.18 Å². The number of benzene rings is 2. The maximum Gasteiger partial charge on any atom is 0.417 e. The van der Waals surface area contributed by atoms with Crippen LogP contribution in [0.4, 0.5) is 22.0 Å². The molecule has 0 radical (unpaired) electrons. The molecule has 0 aliphatic carbocycles. The molecule has 1 nitrogen and oxygen atoms in total. The molecule has 0 bridgehead atoms. The number of alkyl halides is 3. The zero-order valence-corrected chi connectivity index (χ0v) is 10.8. The lowest BCUT2D eigenvalue weighted by Gasteiger charge is -2.13. The third-order valence-corrected chi connectivity index (χ3v) is 2.98. The minimum absolute atomic E-state index is 0.230. The van der Waals surface area contributed by atoms with E-state index in [9.17, 15) is 26.7 Å². The molecule has 21 heavy (non-hydrogen) atoms. The molecule has 0 saturated carbocycles. The minimum Gasteiger partial charge on any atom is -0.289 e. The van der Waals surface area contributed by atoms with E-state index in [4.69, 9.17) is 0 Å². The molecule has 0 unspecified atom stereocenters. The van der Waals surface area contributed by atoms with Crippen molar-refractivity contribution in [2.45, 2.75) is 13.1 Å². The summed E-state index contributed by atoms with van der Waals surface area (Å²) >= 11 is 0. The van der Waals surface area contributed by atoms with Crippen LogP contribution in [-0.2, 0) is 6.18 Å². The third-order valence-electron chi connectivity index (χ3n) is 2.98. The molecule has 2 aromatic rings. The van der Waals surface area contributed by atoms with E-state index in [1.165, 1.54) is 13.0 Å². The topological polar surface area (TPSA) is 17.1 Å². The zero-order valence-electron chi connectivity index (χ0n) is 10.8. The fourth-order valence-electron chi connectivity index (χ4n) is 1.94. The van der Waals surface area contributed by atoms with Crippen molar-refractivity contribution in [1.82, 2.24) is 0 Å². The van der Waals surface area contributed by atoms with Crippen LogP contribution in [0.25, 0.3) is 0 Å². The maximum atomic E-state index is 13.2. The molecule has 0 aliphatic heterocycles. The second kappa shape index (κ2) is 5.27. The van der Waals surface area contributed by atoms with Gasteiger partial charge in [-0.3, -0.25) is 4.79 Å². The van der Waals surface area contributed by atoms with Crippen molar-refractivity contribution in [2.24, 2.45) is 0 Å². The summed E-state index contributed by atoms with van der Waals surface area (Å²) in [6.07, 6.45) is -4.81. The van der Waals surface area contributed by atoms with E-state index in [1.807, 2.05) is 0 Å². The van der Waals surface area contributed by atoms with Crippen LogP contribution < -0.4 is 0 Å². The van der Waals surface area contributed by atoms with Crippen molar-refractivity contribution in [1.29, 1.82) is 0 Å². The number of hydrogen-bond donors (Lipinski definition) is 0. The molecule has 0 spiro atoms. The minimum atomic E-state index is -4.81. The molecule has 0 heterocycles. The maximum absolute atomic E-state index is 13.2. The Kier molecular flexibility index (Phi) is 3.80. The Balaban J connectivity index is 2.63. The summed E-state index contributed by atoms with van der Waals surface area (Å²) < 4.78 is 65.0. The van der Waals surface area contributed by atoms with Gasteiger partial charge in [0.25, 0.3) is 0 Å². The van der Waals surface area contributed by atoms with E-state index in [0.717, 1.165) is 12.1 Å². The summed E-state index contributed by atoms with van der Waals surface area (Å²) in [5.74, 6) is -2.80. The predicted octanol–water partition coefficient (Wildman–Crippen LogP) is 4.52. The first-order valence-corrected chi connectivity index (χ1v) is 5.88. The average molecular weight is 300 g/mol. The van der Waals surface area contributed by atoms with Crippen molar-refractivity contribution >= 4 is 5.78 Å². The Labute approximate surface area is 117 Å². The summed E-state index contributed by atoms with van der Waals surface area (Å²) in [6, 6.07) is 4.82. The lowest BCUT2D eigenvalue weighted by atomic mass is 9.95. The van der Waals surface area contributed by atoms with E-state index in [0.29, 0.717) is 23.8 Å². The van der Waals surface area contributed by atoms with Crippen molar-refractivity contribution in [3.63, 3.8) is 0 Å². The fourth-order valence-corrected chi connectivity index (χ4v) is 1.94. The van der Waals surface area contributed by atoms with Gasteiger partial charge in [-0.05, 0) is 42.8 Å². The Hall–Kier alpha value is -2.24. The zero-order chi connectivity index (χ0) is 15.8. The first kappa shape index (κ1) is 15.2. The first-order valence-electron chi connectivity index (χ1n) is 5.88. The largest absolute Gasteiger partial charge is 0.417 e. The smallest absolute Gasteiger partial charge is 0.289 e. The van der Waals surface area contributed by atoms with Crippen molar-refractivity contribution in [3.8, 4) is 0 Å². The van der Waals surface area contributed by atoms with Crippen LogP contribution >= 0.6 is 0 Å².